The Morgan fingerprint density at radius 1 is 0.600 bits per heavy atom. The molecule has 2 aromatic carbocycles. The van der Waals surface area contributed by atoms with E-state index in [1.165, 1.54) is 11.1 Å². The van der Waals surface area contributed by atoms with Gasteiger partial charge in [-0.2, -0.15) is 0 Å². The van der Waals surface area contributed by atoms with E-state index in [-0.39, 0.29) is 0 Å². The molecular formula is C32H36N4O4. The van der Waals surface area contributed by atoms with Gasteiger partial charge in [-0.3, -0.25) is 19.8 Å². The highest BCUT2D eigenvalue weighted by Crippen LogP contribution is 2.41. The number of nitrogens with zero attached hydrogens (tertiary/aromatic N) is 4. The number of benzene rings is 2. The number of pyridine rings is 2. The molecule has 208 valence electrons. The van der Waals surface area contributed by atoms with E-state index in [1.807, 2.05) is 42.7 Å². The third kappa shape index (κ3) is 6.19. The molecule has 4 aromatic rings. The minimum Gasteiger partial charge on any atom is -0.496 e. The molecule has 0 N–H and O–H groups in total. The minimum atomic E-state index is 0.575. The van der Waals surface area contributed by atoms with Gasteiger partial charge in [0.05, 0.1) is 39.8 Å². The SMILES string of the molecule is COc1ccccc1-c1cc(CN2CCN(Cc3ccnc(-c4cc(OC)c(OC)c(OC)c4)c3)CC2)ccn1. The van der Waals surface area contributed by atoms with Crippen molar-refractivity contribution in [1.82, 2.24) is 19.8 Å². The zero-order valence-corrected chi connectivity index (χ0v) is 23.6. The summed E-state index contributed by atoms with van der Waals surface area (Å²) in [5.41, 5.74) is 6.23. The molecule has 0 bridgehead atoms. The molecule has 0 unspecified atom stereocenters. The van der Waals surface area contributed by atoms with Crippen molar-refractivity contribution in [3.63, 3.8) is 0 Å². The van der Waals surface area contributed by atoms with Crippen LogP contribution in [0.25, 0.3) is 22.5 Å². The van der Waals surface area contributed by atoms with Crippen molar-refractivity contribution in [3.8, 4) is 45.5 Å². The molecule has 1 fully saturated rings. The quantitative estimate of drug-likeness (QED) is 0.273. The van der Waals surface area contributed by atoms with Crippen LogP contribution in [0.1, 0.15) is 11.1 Å². The lowest BCUT2D eigenvalue weighted by atomic mass is 10.1. The van der Waals surface area contributed by atoms with Gasteiger partial charge in [0, 0.05) is 62.8 Å². The first kappa shape index (κ1) is 27.4. The average molecular weight is 541 g/mol. The summed E-state index contributed by atoms with van der Waals surface area (Å²) in [4.78, 5) is 14.2. The van der Waals surface area contributed by atoms with Crippen LogP contribution in [0.3, 0.4) is 0 Å². The molecule has 0 aliphatic carbocycles. The van der Waals surface area contributed by atoms with Gasteiger partial charge in [-0.25, -0.2) is 0 Å². The zero-order chi connectivity index (χ0) is 27.9. The summed E-state index contributed by atoms with van der Waals surface area (Å²) in [7, 11) is 6.55. The van der Waals surface area contributed by atoms with Crippen LogP contribution in [0.4, 0.5) is 0 Å². The molecule has 0 atom stereocenters. The third-order valence-corrected chi connectivity index (χ3v) is 7.27. The predicted molar refractivity (Wildman–Crippen MR) is 156 cm³/mol. The molecule has 1 aliphatic rings. The Balaban J connectivity index is 1.21. The number of ether oxygens (including phenoxy) is 4. The van der Waals surface area contributed by atoms with Crippen LogP contribution in [0.5, 0.6) is 23.0 Å². The van der Waals surface area contributed by atoms with Crippen LogP contribution in [-0.4, -0.2) is 74.4 Å². The van der Waals surface area contributed by atoms with E-state index < -0.39 is 0 Å². The van der Waals surface area contributed by atoms with E-state index in [1.54, 1.807) is 28.4 Å². The summed E-state index contributed by atoms with van der Waals surface area (Å²) in [5, 5.41) is 0. The number of aromatic nitrogens is 2. The van der Waals surface area contributed by atoms with Gasteiger partial charge in [0.1, 0.15) is 5.75 Å². The Labute approximate surface area is 236 Å². The number of piperazine rings is 1. The molecule has 40 heavy (non-hydrogen) atoms. The number of para-hydroxylation sites is 1. The lowest BCUT2D eigenvalue weighted by molar-refractivity contribution is 0.122. The third-order valence-electron chi connectivity index (χ3n) is 7.27. The van der Waals surface area contributed by atoms with Crippen LogP contribution in [0.2, 0.25) is 0 Å². The molecule has 0 amide bonds. The van der Waals surface area contributed by atoms with Gasteiger partial charge < -0.3 is 18.9 Å². The maximum absolute atomic E-state index is 5.54. The van der Waals surface area contributed by atoms with Gasteiger partial charge in [-0.15, -0.1) is 0 Å². The van der Waals surface area contributed by atoms with Crippen molar-refractivity contribution in [3.05, 3.63) is 84.2 Å². The fourth-order valence-corrected chi connectivity index (χ4v) is 5.16. The van der Waals surface area contributed by atoms with E-state index >= 15 is 0 Å². The minimum absolute atomic E-state index is 0.575. The Bertz CT molecular complexity index is 1410. The van der Waals surface area contributed by atoms with Crippen LogP contribution >= 0.6 is 0 Å². The number of methoxy groups -OCH3 is 4. The van der Waals surface area contributed by atoms with E-state index in [0.717, 1.165) is 67.5 Å². The van der Waals surface area contributed by atoms with E-state index in [0.29, 0.717) is 17.2 Å². The van der Waals surface area contributed by atoms with Gasteiger partial charge in [-0.05, 0) is 59.7 Å². The fraction of sp³-hybridized carbons (Fsp3) is 0.312. The molecule has 0 spiro atoms. The Morgan fingerprint density at radius 3 is 1.68 bits per heavy atom. The second-order valence-electron chi connectivity index (χ2n) is 9.77. The van der Waals surface area contributed by atoms with Crippen molar-refractivity contribution in [2.24, 2.45) is 0 Å². The molecule has 8 heteroatoms. The summed E-state index contributed by atoms with van der Waals surface area (Å²) in [6.45, 7) is 5.81. The van der Waals surface area contributed by atoms with Gasteiger partial charge in [0.25, 0.3) is 0 Å². The van der Waals surface area contributed by atoms with Gasteiger partial charge in [0.2, 0.25) is 5.75 Å². The summed E-state index contributed by atoms with van der Waals surface area (Å²) >= 11 is 0. The number of hydrogen-bond donors (Lipinski definition) is 0. The van der Waals surface area contributed by atoms with Crippen molar-refractivity contribution in [1.29, 1.82) is 0 Å². The van der Waals surface area contributed by atoms with Crippen LogP contribution in [0, 0.1) is 0 Å². The highest BCUT2D eigenvalue weighted by atomic mass is 16.5. The topological polar surface area (TPSA) is 69.2 Å². The molecule has 1 aliphatic heterocycles. The molecule has 0 radical (unpaired) electrons. The molecule has 5 rings (SSSR count). The Hall–Kier alpha value is -4.14. The number of hydrogen-bond acceptors (Lipinski definition) is 8. The Kier molecular flexibility index (Phi) is 8.78. The molecule has 0 saturated carbocycles. The molecule has 8 nitrogen and oxygen atoms in total. The van der Waals surface area contributed by atoms with E-state index in [2.05, 4.69) is 50.1 Å². The highest BCUT2D eigenvalue weighted by molar-refractivity contribution is 5.69. The monoisotopic (exact) mass is 540 g/mol. The molecule has 1 saturated heterocycles. The first-order chi connectivity index (χ1) is 19.6. The summed E-state index contributed by atoms with van der Waals surface area (Å²) < 4.78 is 22.1. The summed E-state index contributed by atoms with van der Waals surface area (Å²) in [5.74, 6) is 2.64. The molecule has 3 heterocycles. The second-order valence-corrected chi connectivity index (χ2v) is 9.77. The number of rotatable bonds is 10. The van der Waals surface area contributed by atoms with Gasteiger partial charge >= 0.3 is 0 Å². The average Bonchev–Trinajstić information content (AvgIpc) is 3.01. The summed E-state index contributed by atoms with van der Waals surface area (Å²) in [6, 6.07) is 20.4. The first-order valence-electron chi connectivity index (χ1n) is 13.4. The standard InChI is InChI=1S/C32H36N4O4/c1-37-29-8-6-5-7-26(29)28-18-24(10-12-34-28)22-36-15-13-35(14-16-36)21-23-9-11-33-27(17-23)25-19-30(38-2)32(40-4)31(20-25)39-3/h5-12,17-20H,13-16,21-22H2,1-4H3. The zero-order valence-electron chi connectivity index (χ0n) is 23.6. The first-order valence-corrected chi connectivity index (χ1v) is 13.4. The normalized spacial score (nSPS) is 14.1. The Morgan fingerprint density at radius 2 is 1.12 bits per heavy atom. The fourth-order valence-electron chi connectivity index (χ4n) is 5.16. The van der Waals surface area contributed by atoms with Crippen molar-refractivity contribution in [2.75, 3.05) is 54.6 Å². The van der Waals surface area contributed by atoms with Crippen molar-refractivity contribution < 1.29 is 18.9 Å². The van der Waals surface area contributed by atoms with Crippen molar-refractivity contribution >= 4 is 0 Å². The van der Waals surface area contributed by atoms with Crippen LogP contribution < -0.4 is 18.9 Å². The maximum atomic E-state index is 5.54. The largest absolute Gasteiger partial charge is 0.496 e. The highest BCUT2D eigenvalue weighted by Gasteiger charge is 2.19. The van der Waals surface area contributed by atoms with Crippen LogP contribution in [0.15, 0.2) is 73.1 Å². The summed E-state index contributed by atoms with van der Waals surface area (Å²) in [6.07, 6.45) is 3.76. The smallest absolute Gasteiger partial charge is 0.203 e. The van der Waals surface area contributed by atoms with Crippen molar-refractivity contribution in [2.45, 2.75) is 13.1 Å². The lowest BCUT2D eigenvalue weighted by Gasteiger charge is -2.34. The van der Waals surface area contributed by atoms with Crippen LogP contribution in [-0.2, 0) is 13.1 Å². The van der Waals surface area contributed by atoms with E-state index in [9.17, 15) is 0 Å². The molecule has 2 aromatic heterocycles. The lowest BCUT2D eigenvalue weighted by Crippen LogP contribution is -2.45. The van der Waals surface area contributed by atoms with E-state index in [4.69, 9.17) is 18.9 Å². The van der Waals surface area contributed by atoms with Gasteiger partial charge in [-0.1, -0.05) is 12.1 Å². The second kappa shape index (κ2) is 12.8. The molecular weight excluding hydrogens is 504 g/mol. The maximum Gasteiger partial charge on any atom is 0.203 e. The van der Waals surface area contributed by atoms with Gasteiger partial charge in [0.15, 0.2) is 11.5 Å². The predicted octanol–water partition coefficient (Wildman–Crippen LogP) is 5.16.